The third-order valence-corrected chi connectivity index (χ3v) is 5.50. The van der Waals surface area contributed by atoms with Crippen molar-refractivity contribution in [2.45, 2.75) is 52.6 Å². The Labute approximate surface area is 180 Å². The summed E-state index contributed by atoms with van der Waals surface area (Å²) < 4.78 is 9.63. The van der Waals surface area contributed by atoms with Gasteiger partial charge in [-0.15, -0.1) is 5.10 Å². The van der Waals surface area contributed by atoms with E-state index in [2.05, 4.69) is 14.9 Å². The molecule has 3 rings (SSSR count). The van der Waals surface area contributed by atoms with Crippen LogP contribution in [0.5, 0.6) is 0 Å². The highest BCUT2D eigenvalue weighted by molar-refractivity contribution is 7.03. The van der Waals surface area contributed by atoms with Crippen LogP contribution in [0.3, 0.4) is 0 Å². The van der Waals surface area contributed by atoms with Crippen LogP contribution in [0.1, 0.15) is 60.8 Å². The second-order valence-corrected chi connectivity index (χ2v) is 8.49. The number of hydrogen-bond acceptors (Lipinski definition) is 6. The highest BCUT2D eigenvalue weighted by Gasteiger charge is 2.38. The predicted octanol–water partition coefficient (Wildman–Crippen LogP) is 4.44. The van der Waals surface area contributed by atoms with E-state index in [9.17, 15) is 9.59 Å². The van der Waals surface area contributed by atoms with Gasteiger partial charge < -0.3 is 9.73 Å². The van der Waals surface area contributed by atoms with Crippen LogP contribution in [0.2, 0.25) is 0 Å². The molecule has 0 aliphatic heterocycles. The molecule has 30 heavy (non-hydrogen) atoms. The van der Waals surface area contributed by atoms with Crippen molar-refractivity contribution in [2.24, 2.45) is 0 Å². The van der Waals surface area contributed by atoms with Crippen LogP contribution in [-0.4, -0.2) is 26.9 Å². The zero-order valence-electron chi connectivity index (χ0n) is 17.8. The van der Waals surface area contributed by atoms with Gasteiger partial charge in [-0.2, -0.15) is 0 Å². The topological polar surface area (TPSA) is 88.3 Å². The Hall–Kier alpha value is -3.00. The van der Waals surface area contributed by atoms with Crippen LogP contribution >= 0.6 is 11.5 Å². The van der Waals surface area contributed by atoms with E-state index < -0.39 is 17.5 Å². The minimum absolute atomic E-state index is 0.177. The smallest absolute Gasteiger partial charge is 0.280 e. The fourth-order valence-corrected chi connectivity index (χ4v) is 3.36. The van der Waals surface area contributed by atoms with Gasteiger partial charge in [0.15, 0.2) is 11.7 Å². The molecule has 0 bridgehead atoms. The van der Waals surface area contributed by atoms with E-state index >= 15 is 0 Å². The fraction of sp³-hybridized carbons (Fsp3) is 0.364. The number of hydrogen-bond donors (Lipinski definition) is 1. The van der Waals surface area contributed by atoms with Gasteiger partial charge in [-0.3, -0.25) is 14.5 Å². The summed E-state index contributed by atoms with van der Waals surface area (Å²) in [5.41, 5.74) is 1.35. The summed E-state index contributed by atoms with van der Waals surface area (Å²) in [4.78, 5) is 28.4. The van der Waals surface area contributed by atoms with E-state index in [1.807, 2.05) is 52.0 Å². The number of benzene rings is 1. The molecule has 1 N–H and O–H groups in total. The Balaban J connectivity index is 2.13. The van der Waals surface area contributed by atoms with Crippen LogP contribution in [0, 0.1) is 13.8 Å². The molecule has 0 saturated carbocycles. The van der Waals surface area contributed by atoms with E-state index in [0.717, 1.165) is 23.5 Å². The van der Waals surface area contributed by atoms with Gasteiger partial charge >= 0.3 is 0 Å². The molecule has 0 aliphatic carbocycles. The Kier molecular flexibility index (Phi) is 6.36. The molecular weight excluding hydrogens is 400 g/mol. The molecule has 7 nitrogen and oxygen atoms in total. The zero-order valence-corrected chi connectivity index (χ0v) is 18.6. The number of rotatable bonds is 7. The van der Waals surface area contributed by atoms with E-state index in [-0.39, 0.29) is 11.6 Å². The average Bonchev–Trinajstić information content (AvgIpc) is 3.38. The molecule has 2 aromatic heterocycles. The van der Waals surface area contributed by atoms with Gasteiger partial charge in [-0.25, -0.2) is 0 Å². The standard InChI is InChI=1S/C22H26N4O3S/c1-6-22(4,5)23-20(27)19(18-12-9-15(3)29-18)26(16-10-7-14(2)8-11-16)21(28)17-13-30-25-24-17/h7-13,19H,6H2,1-5H3,(H,23,27)/t19-/m1/s1. The quantitative estimate of drug-likeness (QED) is 0.603. The minimum Gasteiger partial charge on any atom is -0.464 e. The highest BCUT2D eigenvalue weighted by atomic mass is 32.1. The summed E-state index contributed by atoms with van der Waals surface area (Å²) in [6.07, 6.45) is 0.733. The molecule has 1 atom stereocenters. The molecule has 1 aromatic carbocycles. The molecule has 0 radical (unpaired) electrons. The van der Waals surface area contributed by atoms with Crippen LogP contribution in [-0.2, 0) is 4.79 Å². The third kappa shape index (κ3) is 4.76. The van der Waals surface area contributed by atoms with Gasteiger partial charge in [0.05, 0.1) is 0 Å². The molecule has 158 valence electrons. The van der Waals surface area contributed by atoms with Crippen LogP contribution in [0.4, 0.5) is 5.69 Å². The Morgan fingerprint density at radius 2 is 1.87 bits per heavy atom. The van der Waals surface area contributed by atoms with Gasteiger partial charge in [0.1, 0.15) is 11.5 Å². The van der Waals surface area contributed by atoms with Crippen LogP contribution in [0.15, 0.2) is 46.2 Å². The first-order valence-corrected chi connectivity index (χ1v) is 10.6. The van der Waals surface area contributed by atoms with Crippen molar-refractivity contribution in [3.63, 3.8) is 0 Å². The van der Waals surface area contributed by atoms with E-state index in [1.54, 1.807) is 24.4 Å². The number of aryl methyl sites for hydroxylation is 2. The lowest BCUT2D eigenvalue weighted by molar-refractivity contribution is -0.124. The van der Waals surface area contributed by atoms with E-state index in [4.69, 9.17) is 4.42 Å². The monoisotopic (exact) mass is 426 g/mol. The first-order valence-electron chi connectivity index (χ1n) is 9.77. The SMILES string of the molecule is CCC(C)(C)NC(=O)[C@@H](c1ccc(C)o1)N(C(=O)c1csnn1)c1ccc(C)cc1. The van der Waals surface area contributed by atoms with Gasteiger partial charge in [0.25, 0.3) is 11.8 Å². The number of nitrogens with one attached hydrogen (secondary N) is 1. The lowest BCUT2D eigenvalue weighted by atomic mass is 10.0. The Morgan fingerprint density at radius 3 is 2.40 bits per heavy atom. The maximum absolute atomic E-state index is 13.5. The van der Waals surface area contributed by atoms with Gasteiger partial charge in [-0.05, 0) is 69.9 Å². The van der Waals surface area contributed by atoms with E-state index in [0.29, 0.717) is 17.2 Å². The van der Waals surface area contributed by atoms with Crippen molar-refractivity contribution in [1.29, 1.82) is 0 Å². The van der Waals surface area contributed by atoms with Crippen molar-refractivity contribution < 1.29 is 14.0 Å². The number of nitrogens with zero attached hydrogens (tertiary/aromatic N) is 3. The summed E-state index contributed by atoms with van der Waals surface area (Å²) in [5, 5.41) is 8.55. The number of amides is 2. The molecule has 8 heteroatoms. The Bertz CT molecular complexity index is 1010. The molecule has 0 fully saturated rings. The van der Waals surface area contributed by atoms with Crippen molar-refractivity contribution in [2.75, 3.05) is 4.90 Å². The third-order valence-electron chi connectivity index (χ3n) is 4.99. The highest BCUT2D eigenvalue weighted by Crippen LogP contribution is 2.31. The van der Waals surface area contributed by atoms with Crippen LogP contribution in [0.25, 0.3) is 0 Å². The first kappa shape index (κ1) is 21.7. The van der Waals surface area contributed by atoms with E-state index in [1.165, 1.54) is 4.90 Å². The second-order valence-electron chi connectivity index (χ2n) is 7.88. The lowest BCUT2D eigenvalue weighted by Crippen LogP contribution is -2.50. The molecule has 0 spiro atoms. The number of carbonyl (C=O) groups excluding carboxylic acids is 2. The largest absolute Gasteiger partial charge is 0.464 e. The maximum atomic E-state index is 13.5. The van der Waals surface area contributed by atoms with Gasteiger partial charge in [0.2, 0.25) is 0 Å². The Morgan fingerprint density at radius 1 is 1.17 bits per heavy atom. The summed E-state index contributed by atoms with van der Waals surface area (Å²) in [7, 11) is 0. The fourth-order valence-electron chi connectivity index (χ4n) is 2.93. The van der Waals surface area contributed by atoms with Crippen LogP contribution < -0.4 is 10.2 Å². The molecule has 2 amide bonds. The number of aromatic nitrogens is 2. The first-order chi connectivity index (χ1) is 14.2. The van der Waals surface area contributed by atoms with Gasteiger partial charge in [0, 0.05) is 16.6 Å². The van der Waals surface area contributed by atoms with Crippen molar-refractivity contribution in [3.8, 4) is 0 Å². The summed E-state index contributed by atoms with van der Waals surface area (Å²) >= 11 is 1.08. The molecule has 3 aromatic rings. The molecule has 0 saturated heterocycles. The molecule has 0 aliphatic rings. The molecular formula is C22H26N4O3S. The van der Waals surface area contributed by atoms with Crippen molar-refractivity contribution in [3.05, 3.63) is 64.6 Å². The average molecular weight is 427 g/mol. The molecule has 2 heterocycles. The number of furan rings is 1. The maximum Gasteiger partial charge on any atom is 0.280 e. The summed E-state index contributed by atoms with van der Waals surface area (Å²) in [6, 6.07) is 9.93. The second kappa shape index (κ2) is 8.79. The zero-order chi connectivity index (χ0) is 21.9. The summed E-state index contributed by atoms with van der Waals surface area (Å²) in [6.45, 7) is 9.65. The number of carbonyl (C=O) groups is 2. The normalized spacial score (nSPS) is 12.4. The lowest BCUT2D eigenvalue weighted by Gasteiger charge is -2.33. The van der Waals surface area contributed by atoms with Crippen molar-refractivity contribution >= 4 is 29.0 Å². The molecule has 0 unspecified atom stereocenters. The number of anilines is 1. The minimum atomic E-state index is -0.999. The van der Waals surface area contributed by atoms with Crippen molar-refractivity contribution in [1.82, 2.24) is 14.9 Å². The predicted molar refractivity (Wildman–Crippen MR) is 117 cm³/mol. The summed E-state index contributed by atoms with van der Waals surface area (Å²) in [5.74, 6) is 0.294. The van der Waals surface area contributed by atoms with Gasteiger partial charge in [-0.1, -0.05) is 29.1 Å².